The summed E-state index contributed by atoms with van der Waals surface area (Å²) in [6, 6.07) is 17.7. The van der Waals surface area contributed by atoms with E-state index in [1.165, 1.54) is 10.9 Å². The Morgan fingerprint density at radius 1 is 1.12 bits per heavy atom. The molecule has 2 aromatic heterocycles. The molecule has 0 aliphatic heterocycles. The van der Waals surface area contributed by atoms with Gasteiger partial charge in [-0.1, -0.05) is 55.8 Å². The number of nitriles is 1. The number of fused-ring (bicyclic) bond motifs is 1. The molecule has 4 rings (SSSR count). The summed E-state index contributed by atoms with van der Waals surface area (Å²) in [7, 11) is 0. The molecule has 0 radical (unpaired) electrons. The average molecular weight is 442 g/mol. The minimum absolute atomic E-state index is 0.122. The fourth-order valence-electron chi connectivity index (χ4n) is 4.15. The Bertz CT molecular complexity index is 1390. The molecule has 33 heavy (non-hydrogen) atoms. The molecule has 0 fully saturated rings. The van der Waals surface area contributed by atoms with Crippen LogP contribution < -0.4 is 5.56 Å². The minimum atomic E-state index is -1.07. The van der Waals surface area contributed by atoms with Crippen molar-refractivity contribution in [3.05, 3.63) is 87.6 Å². The standard InChI is InChI=1S/C26H27N5O2/c1-4-7-23-22(24(32)30(16-26(2,3)33)25-28-17-29-31(23)25)14-18-10-12-19(13-11-18)21-9-6-5-8-20(21)15-27/h5-6,8-13,17,33H,4,7,14,16H2,1-3H3. The lowest BCUT2D eigenvalue weighted by molar-refractivity contribution is 0.0611. The number of aromatic nitrogens is 4. The van der Waals surface area contributed by atoms with Gasteiger partial charge in [0, 0.05) is 12.0 Å². The molecular formula is C26H27N5O2. The molecule has 0 saturated heterocycles. The molecule has 2 aromatic carbocycles. The molecule has 2 heterocycles. The van der Waals surface area contributed by atoms with Gasteiger partial charge in [0.2, 0.25) is 5.78 Å². The van der Waals surface area contributed by atoms with Crippen molar-refractivity contribution in [2.45, 2.75) is 52.2 Å². The summed E-state index contributed by atoms with van der Waals surface area (Å²) in [6.07, 6.45) is 3.44. The third-order valence-electron chi connectivity index (χ3n) is 5.60. The van der Waals surface area contributed by atoms with Gasteiger partial charge in [-0.2, -0.15) is 15.3 Å². The SMILES string of the molecule is CCCc1c(Cc2ccc(-c3ccccc3C#N)cc2)c(=O)n(CC(C)(C)O)c2ncnn12. The largest absolute Gasteiger partial charge is 0.389 e. The van der Waals surface area contributed by atoms with E-state index in [1.54, 1.807) is 24.4 Å². The van der Waals surface area contributed by atoms with Gasteiger partial charge in [-0.25, -0.2) is 4.52 Å². The van der Waals surface area contributed by atoms with E-state index in [4.69, 9.17) is 0 Å². The van der Waals surface area contributed by atoms with Gasteiger partial charge in [0.25, 0.3) is 5.56 Å². The third-order valence-corrected chi connectivity index (χ3v) is 5.60. The first kappa shape index (κ1) is 22.4. The quantitative estimate of drug-likeness (QED) is 0.471. The zero-order chi connectivity index (χ0) is 23.6. The maximum absolute atomic E-state index is 13.6. The molecule has 0 atom stereocenters. The summed E-state index contributed by atoms with van der Waals surface area (Å²) in [5.41, 5.74) is 3.73. The highest BCUT2D eigenvalue weighted by Gasteiger charge is 2.23. The van der Waals surface area contributed by atoms with Crippen LogP contribution in [0.1, 0.15) is 49.6 Å². The second-order valence-electron chi connectivity index (χ2n) is 8.88. The van der Waals surface area contributed by atoms with Crippen molar-refractivity contribution in [3.63, 3.8) is 0 Å². The normalized spacial score (nSPS) is 11.6. The van der Waals surface area contributed by atoms with E-state index in [2.05, 4.69) is 23.1 Å². The Morgan fingerprint density at radius 3 is 2.52 bits per heavy atom. The highest BCUT2D eigenvalue weighted by Crippen LogP contribution is 2.24. The molecule has 4 aromatic rings. The Morgan fingerprint density at radius 2 is 1.85 bits per heavy atom. The van der Waals surface area contributed by atoms with E-state index >= 15 is 0 Å². The highest BCUT2D eigenvalue weighted by atomic mass is 16.3. The van der Waals surface area contributed by atoms with Gasteiger partial charge in [-0.15, -0.1) is 0 Å². The molecule has 0 unspecified atom stereocenters. The average Bonchev–Trinajstić information content (AvgIpc) is 3.28. The van der Waals surface area contributed by atoms with E-state index in [0.717, 1.165) is 28.8 Å². The molecule has 7 nitrogen and oxygen atoms in total. The highest BCUT2D eigenvalue weighted by molar-refractivity contribution is 5.70. The van der Waals surface area contributed by atoms with Gasteiger partial charge < -0.3 is 5.11 Å². The van der Waals surface area contributed by atoms with Gasteiger partial charge in [-0.05, 0) is 43.0 Å². The zero-order valence-electron chi connectivity index (χ0n) is 19.1. The predicted molar refractivity (Wildman–Crippen MR) is 127 cm³/mol. The van der Waals surface area contributed by atoms with Crippen LogP contribution in [-0.4, -0.2) is 29.9 Å². The fourth-order valence-corrected chi connectivity index (χ4v) is 4.15. The van der Waals surface area contributed by atoms with Crippen molar-refractivity contribution in [1.29, 1.82) is 5.26 Å². The molecule has 0 aliphatic carbocycles. The first-order valence-corrected chi connectivity index (χ1v) is 11.1. The van der Waals surface area contributed by atoms with E-state index in [0.29, 0.717) is 29.7 Å². The molecule has 0 amide bonds. The van der Waals surface area contributed by atoms with Crippen LogP contribution in [0.3, 0.4) is 0 Å². The molecular weight excluding hydrogens is 414 g/mol. The van der Waals surface area contributed by atoms with Crippen LogP contribution in [0.4, 0.5) is 0 Å². The molecule has 0 spiro atoms. The lowest BCUT2D eigenvalue weighted by atomic mass is 9.97. The van der Waals surface area contributed by atoms with Crippen LogP contribution in [0.2, 0.25) is 0 Å². The van der Waals surface area contributed by atoms with Crippen LogP contribution in [0, 0.1) is 11.3 Å². The summed E-state index contributed by atoms with van der Waals surface area (Å²) >= 11 is 0. The van der Waals surface area contributed by atoms with Crippen LogP contribution in [0.5, 0.6) is 0 Å². The maximum Gasteiger partial charge on any atom is 0.258 e. The van der Waals surface area contributed by atoms with Gasteiger partial charge in [0.1, 0.15) is 6.33 Å². The van der Waals surface area contributed by atoms with E-state index in [1.807, 2.05) is 42.5 Å². The van der Waals surface area contributed by atoms with Crippen LogP contribution in [0.25, 0.3) is 16.9 Å². The van der Waals surface area contributed by atoms with Crippen molar-refractivity contribution in [2.24, 2.45) is 0 Å². The summed E-state index contributed by atoms with van der Waals surface area (Å²) in [5.74, 6) is 0.442. The van der Waals surface area contributed by atoms with Crippen LogP contribution >= 0.6 is 0 Å². The van der Waals surface area contributed by atoms with E-state index in [-0.39, 0.29) is 12.1 Å². The minimum Gasteiger partial charge on any atom is -0.389 e. The lowest BCUT2D eigenvalue weighted by Gasteiger charge is -2.21. The Kier molecular flexibility index (Phi) is 6.12. The Labute approximate surface area is 192 Å². The fraction of sp³-hybridized carbons (Fsp3) is 0.308. The number of hydrogen-bond donors (Lipinski definition) is 1. The molecule has 168 valence electrons. The lowest BCUT2D eigenvalue weighted by Crippen LogP contribution is -2.36. The number of nitrogens with zero attached hydrogens (tertiary/aromatic N) is 5. The first-order chi connectivity index (χ1) is 15.8. The van der Waals surface area contributed by atoms with Gasteiger partial charge >= 0.3 is 0 Å². The second kappa shape index (κ2) is 9.00. The van der Waals surface area contributed by atoms with Crippen molar-refractivity contribution in [3.8, 4) is 17.2 Å². The number of aliphatic hydroxyl groups is 1. The van der Waals surface area contributed by atoms with Crippen molar-refractivity contribution >= 4 is 5.78 Å². The van der Waals surface area contributed by atoms with Crippen molar-refractivity contribution < 1.29 is 5.11 Å². The molecule has 0 aliphatic rings. The topological polar surface area (TPSA) is 96.2 Å². The number of rotatable bonds is 7. The second-order valence-corrected chi connectivity index (χ2v) is 8.88. The molecule has 0 saturated carbocycles. The van der Waals surface area contributed by atoms with Crippen LogP contribution in [-0.2, 0) is 19.4 Å². The smallest absolute Gasteiger partial charge is 0.258 e. The van der Waals surface area contributed by atoms with Crippen molar-refractivity contribution in [2.75, 3.05) is 0 Å². The number of benzene rings is 2. The van der Waals surface area contributed by atoms with Gasteiger partial charge in [-0.3, -0.25) is 9.36 Å². The summed E-state index contributed by atoms with van der Waals surface area (Å²) in [4.78, 5) is 17.9. The maximum atomic E-state index is 13.6. The summed E-state index contributed by atoms with van der Waals surface area (Å²) in [6.45, 7) is 5.53. The first-order valence-electron chi connectivity index (χ1n) is 11.1. The third kappa shape index (κ3) is 4.57. The summed E-state index contributed by atoms with van der Waals surface area (Å²) < 4.78 is 3.24. The Hall–Kier alpha value is -3.76. The monoisotopic (exact) mass is 441 g/mol. The molecule has 1 N–H and O–H groups in total. The van der Waals surface area contributed by atoms with Gasteiger partial charge in [0.15, 0.2) is 0 Å². The molecule has 0 bridgehead atoms. The number of aryl methyl sites for hydroxylation is 1. The van der Waals surface area contributed by atoms with E-state index < -0.39 is 5.60 Å². The zero-order valence-corrected chi connectivity index (χ0v) is 19.1. The Balaban J connectivity index is 1.78. The predicted octanol–water partition coefficient (Wildman–Crippen LogP) is 3.74. The number of hydrogen-bond acceptors (Lipinski definition) is 5. The van der Waals surface area contributed by atoms with Crippen molar-refractivity contribution in [1.82, 2.24) is 19.2 Å². The summed E-state index contributed by atoms with van der Waals surface area (Å²) in [5, 5.41) is 24.2. The van der Waals surface area contributed by atoms with Crippen LogP contribution in [0.15, 0.2) is 59.7 Å². The van der Waals surface area contributed by atoms with E-state index in [9.17, 15) is 15.2 Å². The van der Waals surface area contributed by atoms with Gasteiger partial charge in [0.05, 0.1) is 29.5 Å². The molecule has 7 heteroatoms.